The third-order valence-corrected chi connectivity index (χ3v) is 6.90. The van der Waals surface area contributed by atoms with Crippen molar-refractivity contribution < 1.29 is 31.5 Å². The summed E-state index contributed by atoms with van der Waals surface area (Å²) >= 11 is 0. The van der Waals surface area contributed by atoms with Crippen molar-refractivity contribution in [3.8, 4) is 11.5 Å². The van der Waals surface area contributed by atoms with Crippen molar-refractivity contribution in [2.45, 2.75) is 11.8 Å². The number of hydrogen-bond donors (Lipinski definition) is 0. The Morgan fingerprint density at radius 3 is 2.41 bits per heavy atom. The fourth-order valence-corrected chi connectivity index (χ4v) is 4.78. The van der Waals surface area contributed by atoms with Crippen LogP contribution in [0.5, 0.6) is 11.5 Å². The maximum Gasteiger partial charge on any atom is 0.246 e. The molecule has 32 heavy (non-hydrogen) atoms. The van der Waals surface area contributed by atoms with Crippen molar-refractivity contribution in [1.29, 1.82) is 0 Å². The average Bonchev–Trinajstić information content (AvgIpc) is 2.78. The molecular formula is C22H24F2N2O5S. The highest BCUT2D eigenvalue weighted by atomic mass is 32.2. The number of halogens is 2. The van der Waals surface area contributed by atoms with E-state index in [0.29, 0.717) is 24.2 Å². The largest absolute Gasteiger partial charge is 0.493 e. The number of sulfonamides is 1. The number of methoxy groups -OCH3 is 1. The summed E-state index contributed by atoms with van der Waals surface area (Å²) in [6, 6.07) is 7.63. The van der Waals surface area contributed by atoms with Crippen molar-refractivity contribution in [1.82, 2.24) is 9.21 Å². The molecule has 1 aliphatic heterocycles. The number of piperazine rings is 1. The first-order chi connectivity index (χ1) is 15.3. The van der Waals surface area contributed by atoms with Gasteiger partial charge < -0.3 is 14.4 Å². The number of carbonyl (C=O) groups excluding carboxylic acids is 1. The normalized spacial score (nSPS) is 15.2. The van der Waals surface area contributed by atoms with Crippen LogP contribution in [0.4, 0.5) is 8.78 Å². The molecule has 1 heterocycles. The van der Waals surface area contributed by atoms with Crippen LogP contribution in [-0.4, -0.2) is 63.4 Å². The number of hydrogen-bond acceptors (Lipinski definition) is 5. The van der Waals surface area contributed by atoms with Crippen molar-refractivity contribution in [2.24, 2.45) is 0 Å². The molecule has 0 unspecified atom stereocenters. The van der Waals surface area contributed by atoms with Gasteiger partial charge in [-0.15, -0.1) is 0 Å². The Hall–Kier alpha value is -2.98. The molecule has 0 radical (unpaired) electrons. The van der Waals surface area contributed by atoms with Gasteiger partial charge in [0.1, 0.15) is 16.5 Å². The first kappa shape index (κ1) is 23.7. The summed E-state index contributed by atoms with van der Waals surface area (Å²) in [4.78, 5) is 13.5. The van der Waals surface area contributed by atoms with Crippen molar-refractivity contribution >= 4 is 22.0 Å². The zero-order chi connectivity index (χ0) is 23.3. The number of rotatable bonds is 7. The van der Waals surface area contributed by atoms with Gasteiger partial charge in [0.15, 0.2) is 11.5 Å². The van der Waals surface area contributed by atoms with Crippen molar-refractivity contribution in [3.05, 3.63) is 59.7 Å². The van der Waals surface area contributed by atoms with Crippen LogP contribution >= 0.6 is 0 Å². The SMILES string of the molecule is CCOc1ccc(/C=C/C(=O)N2CCN(S(=O)(=O)c3ccc(F)cc3F)CC2)cc1OC. The molecule has 0 aliphatic carbocycles. The van der Waals surface area contributed by atoms with Gasteiger partial charge in [0, 0.05) is 38.3 Å². The minimum atomic E-state index is -4.12. The second kappa shape index (κ2) is 10.1. The summed E-state index contributed by atoms with van der Waals surface area (Å²) in [5, 5.41) is 0. The van der Waals surface area contributed by atoms with Gasteiger partial charge in [-0.2, -0.15) is 4.31 Å². The maximum atomic E-state index is 14.0. The fraction of sp³-hybridized carbons (Fsp3) is 0.318. The quantitative estimate of drug-likeness (QED) is 0.587. The minimum Gasteiger partial charge on any atom is -0.493 e. The Kier molecular flexibility index (Phi) is 7.47. The summed E-state index contributed by atoms with van der Waals surface area (Å²) in [6.45, 7) is 2.69. The van der Waals surface area contributed by atoms with E-state index < -0.39 is 26.6 Å². The van der Waals surface area contributed by atoms with Gasteiger partial charge in [0.05, 0.1) is 13.7 Å². The third-order valence-electron chi connectivity index (χ3n) is 4.97. The molecule has 0 spiro atoms. The molecule has 0 N–H and O–H groups in total. The van der Waals surface area contributed by atoms with E-state index in [1.165, 1.54) is 18.1 Å². The molecule has 7 nitrogen and oxygen atoms in total. The number of amides is 1. The van der Waals surface area contributed by atoms with E-state index in [1.807, 2.05) is 6.92 Å². The second-order valence-electron chi connectivity index (χ2n) is 6.98. The van der Waals surface area contributed by atoms with Crippen molar-refractivity contribution in [2.75, 3.05) is 39.9 Å². The van der Waals surface area contributed by atoms with Gasteiger partial charge in [0.2, 0.25) is 15.9 Å². The van der Waals surface area contributed by atoms with E-state index in [0.717, 1.165) is 22.0 Å². The van der Waals surface area contributed by atoms with Crippen LogP contribution in [0.15, 0.2) is 47.4 Å². The lowest BCUT2D eigenvalue weighted by Gasteiger charge is -2.33. The first-order valence-corrected chi connectivity index (χ1v) is 11.4. The molecule has 0 saturated carbocycles. The van der Waals surface area contributed by atoms with Gasteiger partial charge in [0.25, 0.3) is 0 Å². The third kappa shape index (κ3) is 5.25. The van der Waals surface area contributed by atoms with Crippen LogP contribution in [0.1, 0.15) is 12.5 Å². The molecule has 0 bridgehead atoms. The molecule has 2 aromatic carbocycles. The zero-order valence-corrected chi connectivity index (χ0v) is 18.6. The summed E-state index contributed by atoms with van der Waals surface area (Å²) in [5.74, 6) is -1.12. The fourth-order valence-electron chi connectivity index (χ4n) is 3.31. The van der Waals surface area contributed by atoms with Crippen LogP contribution in [0.3, 0.4) is 0 Å². The highest BCUT2D eigenvalue weighted by molar-refractivity contribution is 7.89. The monoisotopic (exact) mass is 466 g/mol. The van der Waals surface area contributed by atoms with E-state index in [4.69, 9.17) is 9.47 Å². The van der Waals surface area contributed by atoms with E-state index in [2.05, 4.69) is 0 Å². The number of carbonyl (C=O) groups is 1. The Morgan fingerprint density at radius 1 is 1.06 bits per heavy atom. The molecule has 3 rings (SSSR count). The molecule has 10 heteroatoms. The van der Waals surface area contributed by atoms with E-state index in [1.54, 1.807) is 24.3 Å². The minimum absolute atomic E-state index is 0.00953. The summed E-state index contributed by atoms with van der Waals surface area (Å²) in [5.41, 5.74) is 0.742. The molecule has 0 atom stereocenters. The molecule has 1 amide bonds. The van der Waals surface area contributed by atoms with Gasteiger partial charge >= 0.3 is 0 Å². The standard InChI is InChI=1S/C22H24F2N2O5S/c1-3-31-19-7-4-16(14-20(19)30-2)5-9-22(27)25-10-12-26(13-11-25)32(28,29)21-8-6-17(23)15-18(21)24/h4-9,14-15H,3,10-13H2,1-2H3/b9-5+. The number of ether oxygens (including phenoxy) is 2. The van der Waals surface area contributed by atoms with Crippen LogP contribution in [0.2, 0.25) is 0 Å². The Balaban J connectivity index is 1.63. The molecule has 2 aromatic rings. The average molecular weight is 467 g/mol. The molecule has 172 valence electrons. The van der Waals surface area contributed by atoms with Gasteiger partial charge in [-0.3, -0.25) is 4.79 Å². The molecule has 0 aromatic heterocycles. The van der Waals surface area contributed by atoms with Crippen LogP contribution < -0.4 is 9.47 Å². The topological polar surface area (TPSA) is 76.2 Å². The van der Waals surface area contributed by atoms with E-state index >= 15 is 0 Å². The van der Waals surface area contributed by atoms with Crippen LogP contribution in [-0.2, 0) is 14.8 Å². The predicted octanol–water partition coefficient (Wildman–Crippen LogP) is 2.92. The lowest BCUT2D eigenvalue weighted by atomic mass is 10.2. The zero-order valence-electron chi connectivity index (χ0n) is 17.8. The summed E-state index contributed by atoms with van der Waals surface area (Å²) in [7, 11) is -2.59. The van der Waals surface area contributed by atoms with Gasteiger partial charge in [-0.05, 0) is 42.8 Å². The Labute approximate surface area is 185 Å². The van der Waals surface area contributed by atoms with Crippen LogP contribution in [0.25, 0.3) is 6.08 Å². The maximum absolute atomic E-state index is 14.0. The van der Waals surface area contributed by atoms with Crippen molar-refractivity contribution in [3.63, 3.8) is 0 Å². The highest BCUT2D eigenvalue weighted by Crippen LogP contribution is 2.28. The number of benzene rings is 2. The number of nitrogens with zero attached hydrogens (tertiary/aromatic N) is 2. The van der Waals surface area contributed by atoms with E-state index in [9.17, 15) is 22.0 Å². The molecular weight excluding hydrogens is 442 g/mol. The summed E-state index contributed by atoms with van der Waals surface area (Å²) in [6.07, 6.45) is 3.04. The molecule has 1 fully saturated rings. The molecule has 1 saturated heterocycles. The summed E-state index contributed by atoms with van der Waals surface area (Å²) < 4.78 is 64.2. The Bertz CT molecular complexity index is 1110. The van der Waals surface area contributed by atoms with Gasteiger partial charge in [-0.1, -0.05) is 6.07 Å². The smallest absolute Gasteiger partial charge is 0.246 e. The van der Waals surface area contributed by atoms with E-state index in [-0.39, 0.29) is 32.1 Å². The lowest BCUT2D eigenvalue weighted by Crippen LogP contribution is -2.50. The second-order valence-corrected chi connectivity index (χ2v) is 8.89. The Morgan fingerprint density at radius 2 is 1.78 bits per heavy atom. The molecule has 1 aliphatic rings. The highest BCUT2D eigenvalue weighted by Gasteiger charge is 2.31. The van der Waals surface area contributed by atoms with Crippen LogP contribution in [0, 0.1) is 11.6 Å². The first-order valence-electron chi connectivity index (χ1n) is 9.99. The lowest BCUT2D eigenvalue weighted by molar-refractivity contribution is -0.127. The predicted molar refractivity (Wildman–Crippen MR) is 115 cm³/mol. The van der Waals surface area contributed by atoms with Gasteiger partial charge in [-0.25, -0.2) is 17.2 Å².